The normalized spacial score (nSPS) is 16.8. The molecule has 1 aliphatic heterocycles. The summed E-state index contributed by atoms with van der Waals surface area (Å²) < 4.78 is 10.7. The number of pyridine rings is 1. The van der Waals surface area contributed by atoms with E-state index in [4.69, 9.17) is 9.47 Å². The number of methoxy groups -OCH3 is 1. The van der Waals surface area contributed by atoms with Gasteiger partial charge in [-0.25, -0.2) is 0 Å². The lowest BCUT2D eigenvalue weighted by Gasteiger charge is -2.12. The summed E-state index contributed by atoms with van der Waals surface area (Å²) in [6.45, 7) is 0.623. The predicted molar refractivity (Wildman–Crippen MR) is 69.1 cm³/mol. The van der Waals surface area contributed by atoms with Crippen LogP contribution in [-0.2, 0) is 0 Å². The van der Waals surface area contributed by atoms with Gasteiger partial charge in [0.1, 0.15) is 18.2 Å². The van der Waals surface area contributed by atoms with Crippen molar-refractivity contribution in [2.45, 2.75) is 6.04 Å². The number of benzene rings is 1. The molecule has 2 aromatic rings. The van der Waals surface area contributed by atoms with Crippen LogP contribution in [0.5, 0.6) is 11.6 Å². The molecule has 0 saturated heterocycles. The van der Waals surface area contributed by atoms with Crippen LogP contribution in [0, 0.1) is 0 Å². The lowest BCUT2D eigenvalue weighted by atomic mass is 10.1. The second-order valence-corrected chi connectivity index (χ2v) is 4.11. The fourth-order valence-electron chi connectivity index (χ4n) is 2.07. The third-order valence-electron chi connectivity index (χ3n) is 2.95. The summed E-state index contributed by atoms with van der Waals surface area (Å²) in [6.07, 6.45) is 0. The van der Waals surface area contributed by atoms with Crippen molar-refractivity contribution >= 4 is 5.82 Å². The molecule has 0 spiro atoms. The van der Waals surface area contributed by atoms with Crippen LogP contribution in [0.25, 0.3) is 0 Å². The maximum Gasteiger partial charge on any atom is 0.214 e. The molecule has 1 N–H and O–H groups in total. The van der Waals surface area contributed by atoms with Gasteiger partial charge in [0.05, 0.1) is 13.2 Å². The summed E-state index contributed by atoms with van der Waals surface area (Å²) in [7, 11) is 1.61. The third kappa shape index (κ3) is 1.97. The van der Waals surface area contributed by atoms with Crippen molar-refractivity contribution in [3.63, 3.8) is 0 Å². The molecule has 1 atom stereocenters. The fourth-order valence-corrected chi connectivity index (χ4v) is 2.07. The summed E-state index contributed by atoms with van der Waals surface area (Å²) >= 11 is 0. The predicted octanol–water partition coefficient (Wildman–Crippen LogP) is 2.64. The van der Waals surface area contributed by atoms with Crippen LogP contribution in [0.3, 0.4) is 0 Å². The average Bonchev–Trinajstić information content (AvgIpc) is 2.83. The van der Waals surface area contributed by atoms with Gasteiger partial charge in [0.2, 0.25) is 5.88 Å². The largest absolute Gasteiger partial charge is 0.491 e. The number of hydrogen-bond acceptors (Lipinski definition) is 4. The van der Waals surface area contributed by atoms with Crippen LogP contribution in [-0.4, -0.2) is 18.7 Å². The molecular formula is C14H14N2O2. The smallest absolute Gasteiger partial charge is 0.214 e. The van der Waals surface area contributed by atoms with Crippen molar-refractivity contribution in [2.24, 2.45) is 0 Å². The van der Waals surface area contributed by atoms with E-state index in [0.29, 0.717) is 12.5 Å². The Hall–Kier alpha value is -2.23. The van der Waals surface area contributed by atoms with E-state index >= 15 is 0 Å². The van der Waals surface area contributed by atoms with Gasteiger partial charge in [-0.1, -0.05) is 24.3 Å². The summed E-state index contributed by atoms with van der Waals surface area (Å²) in [5.41, 5.74) is 1.17. The lowest BCUT2D eigenvalue weighted by Crippen LogP contribution is -2.12. The maximum atomic E-state index is 5.62. The molecule has 1 aliphatic rings. The van der Waals surface area contributed by atoms with Crippen LogP contribution in [0.2, 0.25) is 0 Å². The van der Waals surface area contributed by atoms with E-state index < -0.39 is 0 Å². The first-order valence-corrected chi connectivity index (χ1v) is 5.86. The highest BCUT2D eigenvalue weighted by Crippen LogP contribution is 2.33. The minimum Gasteiger partial charge on any atom is -0.491 e. The van der Waals surface area contributed by atoms with Gasteiger partial charge in [-0.2, -0.15) is 4.98 Å². The Morgan fingerprint density at radius 1 is 1.22 bits per heavy atom. The number of anilines is 1. The van der Waals surface area contributed by atoms with E-state index in [2.05, 4.69) is 16.4 Å². The first-order valence-electron chi connectivity index (χ1n) is 5.86. The lowest BCUT2D eigenvalue weighted by molar-refractivity contribution is 0.339. The van der Waals surface area contributed by atoms with Gasteiger partial charge in [0.25, 0.3) is 0 Å². The van der Waals surface area contributed by atoms with Crippen LogP contribution in [0.4, 0.5) is 5.82 Å². The molecule has 18 heavy (non-hydrogen) atoms. The highest BCUT2D eigenvalue weighted by Gasteiger charge is 2.23. The Bertz CT molecular complexity index is 557. The zero-order valence-electron chi connectivity index (χ0n) is 10.1. The van der Waals surface area contributed by atoms with Gasteiger partial charge in [-0.3, -0.25) is 0 Å². The minimum absolute atomic E-state index is 0.140. The Kier molecular flexibility index (Phi) is 2.76. The van der Waals surface area contributed by atoms with Crippen molar-refractivity contribution in [3.8, 4) is 11.6 Å². The zero-order chi connectivity index (χ0) is 12.4. The fraction of sp³-hybridized carbons (Fsp3) is 0.214. The molecule has 3 rings (SSSR count). The number of nitrogens with one attached hydrogen (secondary N) is 1. The molecule has 0 radical (unpaired) electrons. The number of nitrogens with zero attached hydrogens (tertiary/aromatic N) is 1. The third-order valence-corrected chi connectivity index (χ3v) is 2.95. The van der Waals surface area contributed by atoms with Crippen molar-refractivity contribution in [2.75, 3.05) is 19.0 Å². The second kappa shape index (κ2) is 4.56. The molecule has 0 saturated carbocycles. The number of hydrogen-bond donors (Lipinski definition) is 1. The van der Waals surface area contributed by atoms with Crippen LogP contribution in [0.1, 0.15) is 11.6 Å². The van der Waals surface area contributed by atoms with Gasteiger partial charge < -0.3 is 14.8 Å². The molecule has 0 fully saturated rings. The maximum absolute atomic E-state index is 5.62. The zero-order valence-corrected chi connectivity index (χ0v) is 10.1. The quantitative estimate of drug-likeness (QED) is 0.898. The highest BCUT2D eigenvalue weighted by atomic mass is 16.5. The molecule has 92 valence electrons. The highest BCUT2D eigenvalue weighted by molar-refractivity contribution is 5.46. The van der Waals surface area contributed by atoms with E-state index in [0.717, 1.165) is 11.6 Å². The SMILES string of the molecule is COc1cccc(NC2COc3ccccc32)n1. The Labute approximate surface area is 106 Å². The van der Waals surface area contributed by atoms with Gasteiger partial charge in [0.15, 0.2) is 0 Å². The van der Waals surface area contributed by atoms with Crippen LogP contribution < -0.4 is 14.8 Å². The molecule has 2 heterocycles. The standard InChI is InChI=1S/C14H14N2O2/c1-17-14-8-4-7-13(16-14)15-11-9-18-12-6-3-2-5-10(11)12/h2-8,11H,9H2,1H3,(H,15,16). The molecular weight excluding hydrogens is 228 g/mol. The van der Waals surface area contributed by atoms with Gasteiger partial charge in [-0.05, 0) is 12.1 Å². The molecule has 4 nitrogen and oxygen atoms in total. The van der Waals surface area contributed by atoms with Crippen molar-refractivity contribution < 1.29 is 9.47 Å². The first kappa shape index (κ1) is 10.9. The molecule has 0 aliphatic carbocycles. The number of fused-ring (bicyclic) bond motifs is 1. The number of aromatic nitrogens is 1. The van der Waals surface area contributed by atoms with Crippen molar-refractivity contribution in [1.29, 1.82) is 0 Å². The average molecular weight is 242 g/mol. The van der Waals surface area contributed by atoms with Crippen LogP contribution in [0.15, 0.2) is 42.5 Å². The Balaban J connectivity index is 1.82. The summed E-state index contributed by atoms with van der Waals surface area (Å²) in [5.74, 6) is 2.34. The van der Waals surface area contributed by atoms with E-state index in [-0.39, 0.29) is 6.04 Å². The van der Waals surface area contributed by atoms with E-state index in [1.807, 2.05) is 36.4 Å². The second-order valence-electron chi connectivity index (χ2n) is 4.11. The number of rotatable bonds is 3. The van der Waals surface area contributed by atoms with Gasteiger partial charge >= 0.3 is 0 Å². The van der Waals surface area contributed by atoms with E-state index in [1.54, 1.807) is 7.11 Å². The number of ether oxygens (including phenoxy) is 2. The molecule has 1 unspecified atom stereocenters. The molecule has 1 aromatic heterocycles. The number of para-hydroxylation sites is 1. The first-order chi connectivity index (χ1) is 8.86. The topological polar surface area (TPSA) is 43.4 Å². The van der Waals surface area contributed by atoms with E-state index in [9.17, 15) is 0 Å². The molecule has 0 amide bonds. The summed E-state index contributed by atoms with van der Waals surface area (Å²) in [5, 5.41) is 3.36. The summed E-state index contributed by atoms with van der Waals surface area (Å²) in [4.78, 5) is 4.34. The monoisotopic (exact) mass is 242 g/mol. The Morgan fingerprint density at radius 3 is 3.00 bits per heavy atom. The van der Waals surface area contributed by atoms with Gasteiger partial charge in [0, 0.05) is 11.6 Å². The van der Waals surface area contributed by atoms with E-state index in [1.165, 1.54) is 5.56 Å². The minimum atomic E-state index is 0.140. The van der Waals surface area contributed by atoms with Gasteiger partial charge in [-0.15, -0.1) is 0 Å². The Morgan fingerprint density at radius 2 is 2.11 bits per heavy atom. The summed E-state index contributed by atoms with van der Waals surface area (Å²) in [6, 6.07) is 13.8. The van der Waals surface area contributed by atoms with Crippen molar-refractivity contribution in [1.82, 2.24) is 4.98 Å². The molecule has 1 aromatic carbocycles. The van der Waals surface area contributed by atoms with Crippen molar-refractivity contribution in [3.05, 3.63) is 48.0 Å². The molecule has 4 heteroatoms. The van der Waals surface area contributed by atoms with Crippen LogP contribution >= 0.6 is 0 Å². The molecule has 0 bridgehead atoms.